The standard InChI is InChI=1S/C18H17F3N4O2/c1-11-8-25(9-15(27-11)17(26)24-10-18(19,20)21)14-5-4-12(7-22)16-13(14)3-2-6-23-16/h2-6,11,15H,8-10H2,1H3,(H,24,26)/t11-,15-/m1/s1. The Morgan fingerprint density at radius 3 is 2.89 bits per heavy atom. The number of morpholine rings is 1. The summed E-state index contributed by atoms with van der Waals surface area (Å²) in [5, 5.41) is 11.9. The Hall–Kier alpha value is -2.86. The first-order valence-corrected chi connectivity index (χ1v) is 8.31. The normalized spacial score (nSPS) is 20.3. The zero-order valence-electron chi connectivity index (χ0n) is 14.5. The van der Waals surface area contributed by atoms with Gasteiger partial charge in [-0.25, -0.2) is 0 Å². The highest BCUT2D eigenvalue weighted by Crippen LogP contribution is 2.30. The second-order valence-electron chi connectivity index (χ2n) is 6.32. The van der Waals surface area contributed by atoms with Gasteiger partial charge in [-0.1, -0.05) is 0 Å². The molecule has 1 aliphatic heterocycles. The molecule has 6 nitrogen and oxygen atoms in total. The number of hydrogen-bond acceptors (Lipinski definition) is 5. The van der Waals surface area contributed by atoms with Crippen LogP contribution >= 0.6 is 0 Å². The second kappa shape index (κ2) is 7.40. The van der Waals surface area contributed by atoms with E-state index in [2.05, 4.69) is 11.1 Å². The van der Waals surface area contributed by atoms with E-state index in [9.17, 15) is 23.2 Å². The third kappa shape index (κ3) is 4.28. The van der Waals surface area contributed by atoms with Gasteiger partial charge in [0.05, 0.1) is 23.7 Å². The number of anilines is 1. The first-order chi connectivity index (χ1) is 12.8. The highest BCUT2D eigenvalue weighted by Gasteiger charge is 2.34. The van der Waals surface area contributed by atoms with Gasteiger partial charge in [0.1, 0.15) is 12.6 Å². The van der Waals surface area contributed by atoms with Crippen LogP contribution in [0.25, 0.3) is 10.9 Å². The van der Waals surface area contributed by atoms with Crippen molar-refractivity contribution in [1.82, 2.24) is 10.3 Å². The summed E-state index contributed by atoms with van der Waals surface area (Å²) in [6.07, 6.45) is -4.28. The fourth-order valence-corrected chi connectivity index (χ4v) is 3.12. The fourth-order valence-electron chi connectivity index (χ4n) is 3.12. The minimum Gasteiger partial charge on any atom is -0.365 e. The van der Waals surface area contributed by atoms with E-state index in [1.807, 2.05) is 16.3 Å². The molecular formula is C18H17F3N4O2. The maximum Gasteiger partial charge on any atom is 0.405 e. The van der Waals surface area contributed by atoms with Crippen molar-refractivity contribution in [3.63, 3.8) is 0 Å². The van der Waals surface area contributed by atoms with Crippen LogP contribution in [-0.2, 0) is 9.53 Å². The number of halogens is 3. The van der Waals surface area contributed by atoms with Crippen LogP contribution in [0.2, 0.25) is 0 Å². The number of carbonyl (C=O) groups excluding carboxylic acids is 1. The van der Waals surface area contributed by atoms with Gasteiger partial charge in [0.25, 0.3) is 5.91 Å². The van der Waals surface area contributed by atoms with Crippen LogP contribution in [0, 0.1) is 11.3 Å². The first kappa shape index (κ1) is 18.9. The van der Waals surface area contributed by atoms with Crippen molar-refractivity contribution >= 4 is 22.5 Å². The van der Waals surface area contributed by atoms with Gasteiger partial charge in [0, 0.05) is 23.8 Å². The van der Waals surface area contributed by atoms with E-state index in [0.29, 0.717) is 17.6 Å². The molecule has 1 saturated heterocycles. The zero-order valence-corrected chi connectivity index (χ0v) is 14.5. The topological polar surface area (TPSA) is 78.2 Å². The lowest BCUT2D eigenvalue weighted by Gasteiger charge is -2.38. The van der Waals surface area contributed by atoms with Crippen LogP contribution in [0.3, 0.4) is 0 Å². The Bertz CT molecular complexity index is 894. The number of nitrogens with one attached hydrogen (secondary N) is 1. The summed E-state index contributed by atoms with van der Waals surface area (Å²) in [6.45, 7) is 0.910. The summed E-state index contributed by atoms with van der Waals surface area (Å²) in [5.74, 6) is -0.806. The molecule has 0 saturated carbocycles. The second-order valence-corrected chi connectivity index (χ2v) is 6.32. The predicted octanol–water partition coefficient (Wildman–Crippen LogP) is 2.38. The fraction of sp³-hybridized carbons (Fsp3) is 0.389. The molecule has 3 rings (SSSR count). The molecule has 0 spiro atoms. The van der Waals surface area contributed by atoms with Crippen LogP contribution in [0.1, 0.15) is 12.5 Å². The van der Waals surface area contributed by atoms with Crippen molar-refractivity contribution in [2.45, 2.75) is 25.3 Å². The quantitative estimate of drug-likeness (QED) is 0.887. The van der Waals surface area contributed by atoms with Crippen molar-refractivity contribution < 1.29 is 22.7 Å². The third-order valence-corrected chi connectivity index (χ3v) is 4.22. The van der Waals surface area contributed by atoms with E-state index in [0.717, 1.165) is 11.1 Å². The van der Waals surface area contributed by atoms with Crippen LogP contribution in [-0.4, -0.2) is 48.9 Å². The molecule has 1 N–H and O–H groups in total. The molecule has 9 heteroatoms. The Morgan fingerprint density at radius 2 is 2.19 bits per heavy atom. The molecule has 0 unspecified atom stereocenters. The number of amides is 1. The number of hydrogen-bond donors (Lipinski definition) is 1. The van der Waals surface area contributed by atoms with Crippen molar-refractivity contribution in [2.24, 2.45) is 0 Å². The van der Waals surface area contributed by atoms with Gasteiger partial charge in [-0.3, -0.25) is 9.78 Å². The smallest absolute Gasteiger partial charge is 0.365 e. The van der Waals surface area contributed by atoms with Gasteiger partial charge in [-0.2, -0.15) is 18.4 Å². The van der Waals surface area contributed by atoms with E-state index >= 15 is 0 Å². The molecule has 1 aromatic carbocycles. The molecule has 0 radical (unpaired) electrons. The number of alkyl halides is 3. The molecule has 2 atom stereocenters. The van der Waals surface area contributed by atoms with E-state index in [1.54, 1.807) is 31.3 Å². The largest absolute Gasteiger partial charge is 0.405 e. The Balaban J connectivity index is 1.86. The van der Waals surface area contributed by atoms with Crippen LogP contribution in [0.4, 0.5) is 18.9 Å². The van der Waals surface area contributed by atoms with Gasteiger partial charge in [-0.05, 0) is 31.2 Å². The Morgan fingerprint density at radius 1 is 1.41 bits per heavy atom. The van der Waals surface area contributed by atoms with E-state index in [-0.39, 0.29) is 12.6 Å². The summed E-state index contributed by atoms with van der Waals surface area (Å²) in [6, 6.07) is 9.05. The number of benzene rings is 1. The molecule has 1 amide bonds. The van der Waals surface area contributed by atoms with Gasteiger partial charge >= 0.3 is 6.18 Å². The number of nitriles is 1. The van der Waals surface area contributed by atoms with Crippen LogP contribution < -0.4 is 10.2 Å². The zero-order chi connectivity index (χ0) is 19.6. The molecule has 1 aliphatic rings. The summed E-state index contributed by atoms with van der Waals surface area (Å²) in [7, 11) is 0. The number of ether oxygens (including phenoxy) is 1. The third-order valence-electron chi connectivity index (χ3n) is 4.22. The lowest BCUT2D eigenvalue weighted by Crippen LogP contribution is -2.53. The molecule has 1 fully saturated rings. The van der Waals surface area contributed by atoms with Crippen molar-refractivity contribution in [1.29, 1.82) is 5.26 Å². The number of rotatable bonds is 3. The number of fused-ring (bicyclic) bond motifs is 1. The number of pyridine rings is 1. The maximum atomic E-state index is 12.3. The lowest BCUT2D eigenvalue weighted by molar-refractivity contribution is -0.148. The average Bonchev–Trinajstić information content (AvgIpc) is 2.64. The maximum absolute atomic E-state index is 12.3. The first-order valence-electron chi connectivity index (χ1n) is 8.31. The van der Waals surface area contributed by atoms with E-state index in [4.69, 9.17) is 4.74 Å². The van der Waals surface area contributed by atoms with E-state index < -0.39 is 24.7 Å². The molecule has 0 aliphatic carbocycles. The van der Waals surface area contributed by atoms with E-state index in [1.165, 1.54) is 0 Å². The lowest BCUT2D eigenvalue weighted by atomic mass is 10.1. The number of aromatic nitrogens is 1. The minimum atomic E-state index is -4.48. The molecule has 2 aromatic rings. The number of nitrogens with zero attached hydrogens (tertiary/aromatic N) is 3. The summed E-state index contributed by atoms with van der Waals surface area (Å²) in [4.78, 5) is 18.2. The highest BCUT2D eigenvalue weighted by molar-refractivity contribution is 5.95. The molecule has 1 aromatic heterocycles. The molecule has 27 heavy (non-hydrogen) atoms. The molecule has 2 heterocycles. The van der Waals surface area contributed by atoms with Crippen molar-refractivity contribution in [2.75, 3.05) is 24.5 Å². The van der Waals surface area contributed by atoms with Gasteiger partial charge < -0.3 is 15.0 Å². The summed E-state index contributed by atoms with van der Waals surface area (Å²) < 4.78 is 42.6. The highest BCUT2D eigenvalue weighted by atomic mass is 19.4. The SMILES string of the molecule is C[C@@H]1CN(c2ccc(C#N)c3ncccc23)C[C@H](C(=O)NCC(F)(F)F)O1. The predicted molar refractivity (Wildman–Crippen MR) is 92.1 cm³/mol. The van der Waals surface area contributed by atoms with Gasteiger partial charge in [0.2, 0.25) is 0 Å². The van der Waals surface area contributed by atoms with Crippen LogP contribution in [0.5, 0.6) is 0 Å². The average molecular weight is 378 g/mol. The minimum absolute atomic E-state index is 0.101. The van der Waals surface area contributed by atoms with Gasteiger partial charge in [-0.15, -0.1) is 0 Å². The summed E-state index contributed by atoms with van der Waals surface area (Å²) in [5.41, 5.74) is 1.71. The Labute approximate surface area is 153 Å². The monoisotopic (exact) mass is 378 g/mol. The number of carbonyl (C=O) groups is 1. The molecule has 142 valence electrons. The Kier molecular flexibility index (Phi) is 5.19. The van der Waals surface area contributed by atoms with Crippen LogP contribution in [0.15, 0.2) is 30.5 Å². The van der Waals surface area contributed by atoms with Crippen molar-refractivity contribution in [3.05, 3.63) is 36.0 Å². The van der Waals surface area contributed by atoms with Crippen molar-refractivity contribution in [3.8, 4) is 6.07 Å². The summed E-state index contributed by atoms with van der Waals surface area (Å²) >= 11 is 0. The molecular weight excluding hydrogens is 361 g/mol. The van der Waals surface area contributed by atoms with Gasteiger partial charge in [0.15, 0.2) is 6.10 Å². The molecule has 0 bridgehead atoms.